The highest BCUT2D eigenvalue weighted by Gasteiger charge is 2.23. The van der Waals surface area contributed by atoms with Gasteiger partial charge in [-0.05, 0) is 50.6 Å². The predicted molar refractivity (Wildman–Crippen MR) is 82.5 cm³/mol. The molecule has 4 nitrogen and oxygen atoms in total. The monoisotopic (exact) mass is 275 g/mol. The summed E-state index contributed by atoms with van der Waals surface area (Å²) in [4.78, 5) is 14.7. The minimum atomic E-state index is -0.157. The molecule has 20 heavy (non-hydrogen) atoms. The Bertz CT molecular complexity index is 461. The molecule has 1 amide bonds. The number of nitrogen functional groups attached to an aromatic ring is 1. The van der Waals surface area contributed by atoms with Crippen LogP contribution in [-0.2, 0) is 4.79 Å². The molecule has 1 aromatic carbocycles. The molecular formula is C16H25N3O. The molecule has 4 heteroatoms. The number of piperidine rings is 1. The zero-order chi connectivity index (χ0) is 14.5. The van der Waals surface area contributed by atoms with Gasteiger partial charge in [0.1, 0.15) is 0 Å². The highest BCUT2D eigenvalue weighted by molar-refractivity contribution is 5.83. The number of hydrogen-bond donors (Lipinski definition) is 2. The second kappa shape index (κ2) is 6.75. The Morgan fingerprint density at radius 2 is 2.35 bits per heavy atom. The SMILES string of the molecule is CCN1CCCC(NC(=O)C(C)c2cccc(N)c2)C1. The van der Waals surface area contributed by atoms with Gasteiger partial charge in [0, 0.05) is 18.3 Å². The Hall–Kier alpha value is -1.55. The van der Waals surface area contributed by atoms with E-state index in [0.717, 1.165) is 38.0 Å². The Morgan fingerprint density at radius 1 is 1.55 bits per heavy atom. The van der Waals surface area contributed by atoms with Crippen molar-refractivity contribution < 1.29 is 4.79 Å². The minimum absolute atomic E-state index is 0.0959. The van der Waals surface area contributed by atoms with Crippen LogP contribution in [0.15, 0.2) is 24.3 Å². The number of rotatable bonds is 4. The first-order valence-electron chi connectivity index (χ1n) is 7.48. The molecule has 1 aromatic rings. The van der Waals surface area contributed by atoms with E-state index in [4.69, 9.17) is 5.73 Å². The normalized spacial score (nSPS) is 21.4. The summed E-state index contributed by atoms with van der Waals surface area (Å²) in [5, 5.41) is 3.18. The van der Waals surface area contributed by atoms with Crippen LogP contribution >= 0.6 is 0 Å². The van der Waals surface area contributed by atoms with Gasteiger partial charge in [0.2, 0.25) is 5.91 Å². The van der Waals surface area contributed by atoms with Crippen LogP contribution in [0.1, 0.15) is 38.2 Å². The first-order chi connectivity index (χ1) is 9.60. The number of nitrogens with two attached hydrogens (primary N) is 1. The lowest BCUT2D eigenvalue weighted by molar-refractivity contribution is -0.123. The number of carbonyl (C=O) groups excluding carboxylic acids is 1. The van der Waals surface area contributed by atoms with Crippen LogP contribution < -0.4 is 11.1 Å². The van der Waals surface area contributed by atoms with Crippen molar-refractivity contribution in [3.63, 3.8) is 0 Å². The van der Waals surface area contributed by atoms with Gasteiger partial charge < -0.3 is 16.0 Å². The second-order valence-electron chi connectivity index (χ2n) is 5.63. The summed E-state index contributed by atoms with van der Waals surface area (Å²) < 4.78 is 0. The van der Waals surface area contributed by atoms with Crippen LogP contribution in [-0.4, -0.2) is 36.5 Å². The molecule has 1 saturated heterocycles. The largest absolute Gasteiger partial charge is 0.399 e. The third-order valence-corrected chi connectivity index (χ3v) is 4.10. The van der Waals surface area contributed by atoms with Crippen LogP contribution in [0.4, 0.5) is 5.69 Å². The Labute approximate surface area is 121 Å². The smallest absolute Gasteiger partial charge is 0.227 e. The number of anilines is 1. The quantitative estimate of drug-likeness (QED) is 0.826. The van der Waals surface area contributed by atoms with Crippen LogP contribution in [0.5, 0.6) is 0 Å². The molecule has 1 aliphatic rings. The van der Waals surface area contributed by atoms with E-state index >= 15 is 0 Å². The highest BCUT2D eigenvalue weighted by atomic mass is 16.1. The van der Waals surface area contributed by atoms with Crippen molar-refractivity contribution in [2.45, 2.75) is 38.6 Å². The van der Waals surface area contributed by atoms with E-state index in [-0.39, 0.29) is 17.9 Å². The van der Waals surface area contributed by atoms with Crippen molar-refractivity contribution in [2.75, 3.05) is 25.4 Å². The molecule has 0 radical (unpaired) electrons. The molecule has 1 fully saturated rings. The number of amides is 1. The summed E-state index contributed by atoms with van der Waals surface area (Å²) in [6, 6.07) is 7.85. The van der Waals surface area contributed by atoms with Crippen LogP contribution in [0.25, 0.3) is 0 Å². The van der Waals surface area contributed by atoms with E-state index in [2.05, 4.69) is 17.1 Å². The zero-order valence-corrected chi connectivity index (χ0v) is 12.4. The Balaban J connectivity index is 1.94. The lowest BCUT2D eigenvalue weighted by atomic mass is 9.98. The van der Waals surface area contributed by atoms with Gasteiger partial charge >= 0.3 is 0 Å². The third-order valence-electron chi connectivity index (χ3n) is 4.10. The van der Waals surface area contributed by atoms with Gasteiger partial charge in [-0.3, -0.25) is 4.79 Å². The van der Waals surface area contributed by atoms with E-state index in [0.29, 0.717) is 5.69 Å². The predicted octanol–water partition coefficient (Wildman–Crippen LogP) is 1.97. The van der Waals surface area contributed by atoms with Gasteiger partial charge in [-0.1, -0.05) is 19.1 Å². The molecule has 0 aliphatic carbocycles. The van der Waals surface area contributed by atoms with Crippen LogP contribution in [0, 0.1) is 0 Å². The molecule has 2 atom stereocenters. The summed E-state index contributed by atoms with van der Waals surface area (Å²) in [5.74, 6) is -0.0611. The van der Waals surface area contributed by atoms with E-state index < -0.39 is 0 Å². The molecular weight excluding hydrogens is 250 g/mol. The van der Waals surface area contributed by atoms with Gasteiger partial charge in [-0.15, -0.1) is 0 Å². The molecule has 0 spiro atoms. The fourth-order valence-electron chi connectivity index (χ4n) is 2.77. The molecule has 0 bridgehead atoms. The first kappa shape index (κ1) is 14.9. The lowest BCUT2D eigenvalue weighted by Gasteiger charge is -2.32. The number of likely N-dealkylation sites (tertiary alicyclic amines) is 1. The molecule has 0 saturated carbocycles. The van der Waals surface area contributed by atoms with E-state index in [1.54, 1.807) is 0 Å². The molecule has 0 aromatic heterocycles. The number of hydrogen-bond acceptors (Lipinski definition) is 3. The summed E-state index contributed by atoms with van der Waals surface area (Å²) in [7, 11) is 0. The summed E-state index contributed by atoms with van der Waals surface area (Å²) >= 11 is 0. The Kier molecular flexibility index (Phi) is 5.01. The van der Waals surface area contributed by atoms with Gasteiger partial charge in [0.25, 0.3) is 0 Å². The van der Waals surface area contributed by atoms with Crippen molar-refractivity contribution >= 4 is 11.6 Å². The number of carbonyl (C=O) groups is 1. The van der Waals surface area contributed by atoms with Gasteiger partial charge in [-0.25, -0.2) is 0 Å². The maximum absolute atomic E-state index is 12.3. The lowest BCUT2D eigenvalue weighted by Crippen LogP contribution is -2.48. The number of benzene rings is 1. The van der Waals surface area contributed by atoms with E-state index in [1.807, 2.05) is 31.2 Å². The van der Waals surface area contributed by atoms with Crippen LogP contribution in [0.2, 0.25) is 0 Å². The minimum Gasteiger partial charge on any atom is -0.399 e. The summed E-state index contributed by atoms with van der Waals surface area (Å²) in [6.07, 6.45) is 2.23. The molecule has 3 N–H and O–H groups in total. The molecule has 1 aliphatic heterocycles. The number of likely N-dealkylation sites (N-methyl/N-ethyl adjacent to an activating group) is 1. The molecule has 2 rings (SSSR count). The first-order valence-corrected chi connectivity index (χ1v) is 7.48. The standard InChI is InChI=1S/C16H25N3O/c1-3-19-9-5-8-15(11-19)18-16(20)12(2)13-6-4-7-14(17)10-13/h4,6-7,10,12,15H,3,5,8-9,11,17H2,1-2H3,(H,18,20). The molecule has 1 heterocycles. The van der Waals surface area contributed by atoms with Crippen LogP contribution in [0.3, 0.4) is 0 Å². The fraction of sp³-hybridized carbons (Fsp3) is 0.562. The zero-order valence-electron chi connectivity index (χ0n) is 12.4. The van der Waals surface area contributed by atoms with Crippen molar-refractivity contribution in [1.82, 2.24) is 10.2 Å². The second-order valence-corrected chi connectivity index (χ2v) is 5.63. The summed E-state index contributed by atoms with van der Waals surface area (Å²) in [6.45, 7) is 7.26. The van der Waals surface area contributed by atoms with Gasteiger partial charge in [-0.2, -0.15) is 0 Å². The third kappa shape index (κ3) is 3.73. The number of nitrogens with one attached hydrogen (secondary N) is 1. The van der Waals surface area contributed by atoms with Gasteiger partial charge in [0.05, 0.1) is 5.92 Å². The van der Waals surface area contributed by atoms with Crippen molar-refractivity contribution in [3.8, 4) is 0 Å². The van der Waals surface area contributed by atoms with Gasteiger partial charge in [0.15, 0.2) is 0 Å². The topological polar surface area (TPSA) is 58.4 Å². The van der Waals surface area contributed by atoms with E-state index in [9.17, 15) is 4.79 Å². The highest BCUT2D eigenvalue weighted by Crippen LogP contribution is 2.19. The average Bonchev–Trinajstić information content (AvgIpc) is 2.46. The van der Waals surface area contributed by atoms with Crippen molar-refractivity contribution in [3.05, 3.63) is 29.8 Å². The number of nitrogens with zero attached hydrogens (tertiary/aromatic N) is 1. The summed E-state index contributed by atoms with van der Waals surface area (Å²) in [5.41, 5.74) is 7.46. The molecule has 2 unspecified atom stereocenters. The maximum Gasteiger partial charge on any atom is 0.227 e. The Morgan fingerprint density at radius 3 is 3.05 bits per heavy atom. The fourth-order valence-corrected chi connectivity index (χ4v) is 2.77. The maximum atomic E-state index is 12.3. The molecule has 110 valence electrons. The van der Waals surface area contributed by atoms with E-state index in [1.165, 1.54) is 0 Å². The van der Waals surface area contributed by atoms with Crippen molar-refractivity contribution in [2.24, 2.45) is 0 Å². The average molecular weight is 275 g/mol. The van der Waals surface area contributed by atoms with Crippen molar-refractivity contribution in [1.29, 1.82) is 0 Å².